The zero-order chi connectivity index (χ0) is 15.0. The molecular formula is C15H18BrFN2OS. The third kappa shape index (κ3) is 2.62. The lowest BCUT2D eigenvalue weighted by Crippen LogP contribution is -2.38. The molecule has 0 aromatic heterocycles. The van der Waals surface area contributed by atoms with Gasteiger partial charge in [-0.15, -0.1) is 0 Å². The highest BCUT2D eigenvalue weighted by molar-refractivity contribution is 9.10. The Hall–Kier alpha value is -0.590. The van der Waals surface area contributed by atoms with Gasteiger partial charge in [0.15, 0.2) is 5.17 Å². The Morgan fingerprint density at radius 1 is 1.52 bits per heavy atom. The van der Waals surface area contributed by atoms with Gasteiger partial charge in [-0.2, -0.15) is 0 Å². The van der Waals surface area contributed by atoms with Crippen molar-refractivity contribution in [3.8, 4) is 0 Å². The summed E-state index contributed by atoms with van der Waals surface area (Å²) in [4.78, 5) is 4.89. The normalized spacial score (nSPS) is 31.7. The SMILES string of the molecule is CNC1=N[C@@]2(c3cc(Br)ccc3F)C[C@H](OC)C[C@H]2CS1. The van der Waals surface area contributed by atoms with Gasteiger partial charge < -0.3 is 10.1 Å². The van der Waals surface area contributed by atoms with Gasteiger partial charge in [-0.25, -0.2) is 4.39 Å². The first-order valence-electron chi connectivity index (χ1n) is 6.98. The fraction of sp³-hybridized carbons (Fsp3) is 0.533. The number of hydrogen-bond donors (Lipinski definition) is 1. The zero-order valence-electron chi connectivity index (χ0n) is 12.0. The second-order valence-electron chi connectivity index (χ2n) is 5.52. The molecule has 0 unspecified atom stereocenters. The van der Waals surface area contributed by atoms with Crippen molar-refractivity contribution in [3.05, 3.63) is 34.1 Å². The Balaban J connectivity index is 2.14. The fourth-order valence-electron chi connectivity index (χ4n) is 3.37. The molecule has 2 aliphatic rings. The molecule has 114 valence electrons. The van der Waals surface area contributed by atoms with Gasteiger partial charge in [0.2, 0.25) is 0 Å². The highest BCUT2D eigenvalue weighted by Gasteiger charge is 2.52. The highest BCUT2D eigenvalue weighted by Crippen LogP contribution is 2.52. The van der Waals surface area contributed by atoms with Crippen molar-refractivity contribution in [3.63, 3.8) is 0 Å². The smallest absolute Gasteiger partial charge is 0.157 e. The van der Waals surface area contributed by atoms with Gasteiger partial charge in [0, 0.05) is 42.3 Å². The lowest BCUT2D eigenvalue weighted by Gasteiger charge is -2.36. The number of thioether (sulfide) groups is 1. The molecule has 0 bridgehead atoms. The second-order valence-corrected chi connectivity index (χ2v) is 7.45. The summed E-state index contributed by atoms with van der Waals surface area (Å²) >= 11 is 5.16. The molecule has 0 spiro atoms. The Morgan fingerprint density at radius 2 is 2.33 bits per heavy atom. The van der Waals surface area contributed by atoms with Crippen LogP contribution in [-0.2, 0) is 10.3 Å². The van der Waals surface area contributed by atoms with Crippen LogP contribution in [0.1, 0.15) is 18.4 Å². The zero-order valence-corrected chi connectivity index (χ0v) is 14.4. The summed E-state index contributed by atoms with van der Waals surface area (Å²) in [6, 6.07) is 5.11. The summed E-state index contributed by atoms with van der Waals surface area (Å²) in [5.74, 6) is 1.05. The van der Waals surface area contributed by atoms with Crippen LogP contribution < -0.4 is 5.32 Å². The third-order valence-electron chi connectivity index (χ3n) is 4.43. The van der Waals surface area contributed by atoms with Crippen molar-refractivity contribution in [1.82, 2.24) is 5.32 Å². The van der Waals surface area contributed by atoms with Crippen LogP contribution in [0.2, 0.25) is 0 Å². The number of nitrogens with zero attached hydrogens (tertiary/aromatic N) is 1. The van der Waals surface area contributed by atoms with Crippen LogP contribution in [0.15, 0.2) is 27.7 Å². The number of nitrogens with one attached hydrogen (secondary N) is 1. The molecule has 21 heavy (non-hydrogen) atoms. The van der Waals surface area contributed by atoms with Crippen molar-refractivity contribution in [2.75, 3.05) is 19.9 Å². The molecule has 1 fully saturated rings. The predicted molar refractivity (Wildman–Crippen MR) is 88.3 cm³/mol. The van der Waals surface area contributed by atoms with Crippen LogP contribution in [0.4, 0.5) is 4.39 Å². The Morgan fingerprint density at radius 3 is 3.05 bits per heavy atom. The number of benzene rings is 1. The van der Waals surface area contributed by atoms with E-state index in [-0.39, 0.29) is 11.9 Å². The Labute approximate surface area is 136 Å². The van der Waals surface area contributed by atoms with Crippen molar-refractivity contribution >= 4 is 32.9 Å². The number of aliphatic imine (C=N–C) groups is 1. The summed E-state index contributed by atoms with van der Waals surface area (Å²) in [6.07, 6.45) is 1.79. The minimum atomic E-state index is -0.516. The van der Waals surface area contributed by atoms with E-state index >= 15 is 0 Å². The van der Waals surface area contributed by atoms with Crippen molar-refractivity contribution in [1.29, 1.82) is 0 Å². The molecular weight excluding hydrogens is 355 g/mol. The van der Waals surface area contributed by atoms with E-state index in [1.165, 1.54) is 6.07 Å². The molecule has 1 saturated carbocycles. The van der Waals surface area contributed by atoms with Crippen molar-refractivity contribution < 1.29 is 9.13 Å². The van der Waals surface area contributed by atoms with Crippen LogP contribution in [0.5, 0.6) is 0 Å². The van der Waals surface area contributed by atoms with Crippen molar-refractivity contribution in [2.45, 2.75) is 24.5 Å². The molecule has 0 saturated heterocycles. The monoisotopic (exact) mass is 372 g/mol. The summed E-state index contributed by atoms with van der Waals surface area (Å²) < 4.78 is 20.9. The average molecular weight is 373 g/mol. The largest absolute Gasteiger partial charge is 0.381 e. The molecule has 1 aromatic rings. The van der Waals surface area contributed by atoms with E-state index in [4.69, 9.17) is 9.73 Å². The first kappa shape index (κ1) is 15.3. The molecule has 1 aliphatic heterocycles. The molecule has 1 aromatic carbocycles. The number of amidine groups is 1. The maximum Gasteiger partial charge on any atom is 0.157 e. The van der Waals surface area contributed by atoms with Crippen LogP contribution in [0.25, 0.3) is 0 Å². The number of methoxy groups -OCH3 is 1. The van der Waals surface area contributed by atoms with Gasteiger partial charge in [-0.1, -0.05) is 27.7 Å². The lowest BCUT2D eigenvalue weighted by atomic mass is 9.81. The molecule has 1 aliphatic carbocycles. The van der Waals surface area contributed by atoms with E-state index in [0.29, 0.717) is 11.5 Å². The second kappa shape index (κ2) is 5.89. The number of fused-ring (bicyclic) bond motifs is 1. The number of halogens is 2. The van der Waals surface area contributed by atoms with Crippen LogP contribution in [-0.4, -0.2) is 31.2 Å². The average Bonchev–Trinajstić information content (AvgIpc) is 2.88. The summed E-state index contributed by atoms with van der Waals surface area (Å²) in [5.41, 5.74) is 0.160. The molecule has 0 radical (unpaired) electrons. The predicted octanol–water partition coefficient (Wildman–Crippen LogP) is 3.53. The van der Waals surface area contributed by atoms with E-state index < -0.39 is 5.54 Å². The quantitative estimate of drug-likeness (QED) is 0.861. The minimum absolute atomic E-state index is 0.133. The summed E-state index contributed by atoms with van der Waals surface area (Å²) in [5, 5.41) is 3.99. The van der Waals surface area contributed by atoms with Crippen LogP contribution in [0, 0.1) is 11.7 Å². The Bertz CT molecular complexity index is 583. The van der Waals surface area contributed by atoms with Gasteiger partial charge in [0.25, 0.3) is 0 Å². The number of hydrogen-bond acceptors (Lipinski definition) is 4. The molecule has 3 atom stereocenters. The minimum Gasteiger partial charge on any atom is -0.381 e. The first-order chi connectivity index (χ1) is 10.1. The summed E-state index contributed by atoms with van der Waals surface area (Å²) in [6.45, 7) is 0. The fourth-order valence-corrected chi connectivity index (χ4v) is 4.88. The van der Waals surface area contributed by atoms with E-state index in [9.17, 15) is 4.39 Å². The van der Waals surface area contributed by atoms with Gasteiger partial charge in [0.1, 0.15) is 5.82 Å². The van der Waals surface area contributed by atoms with E-state index in [2.05, 4.69) is 21.2 Å². The van der Waals surface area contributed by atoms with Crippen LogP contribution in [0.3, 0.4) is 0 Å². The molecule has 1 heterocycles. The first-order valence-corrected chi connectivity index (χ1v) is 8.75. The highest BCUT2D eigenvalue weighted by atomic mass is 79.9. The molecule has 1 N–H and O–H groups in total. The topological polar surface area (TPSA) is 33.6 Å². The van der Waals surface area contributed by atoms with E-state index in [1.807, 2.05) is 13.1 Å². The van der Waals surface area contributed by atoms with Gasteiger partial charge >= 0.3 is 0 Å². The maximum absolute atomic E-state index is 14.5. The van der Waals surface area contributed by atoms with Crippen LogP contribution >= 0.6 is 27.7 Å². The molecule has 3 rings (SSSR count). The van der Waals surface area contributed by atoms with Gasteiger partial charge in [-0.3, -0.25) is 4.99 Å². The maximum atomic E-state index is 14.5. The molecule has 3 nitrogen and oxygen atoms in total. The molecule has 6 heteroatoms. The van der Waals surface area contributed by atoms with Crippen molar-refractivity contribution in [2.24, 2.45) is 10.9 Å². The van der Waals surface area contributed by atoms with Gasteiger partial charge in [-0.05, 0) is 24.6 Å². The lowest BCUT2D eigenvalue weighted by molar-refractivity contribution is 0.102. The molecule has 0 amide bonds. The standard InChI is InChI=1S/C15H18BrFN2OS/c1-18-14-19-15(12-6-10(16)3-4-13(12)17)7-11(20-2)5-9(15)8-21-14/h3-4,6,9,11H,5,7-8H2,1-2H3,(H,18,19)/t9-,11+,15-/m0/s1. The van der Waals surface area contributed by atoms with E-state index in [0.717, 1.165) is 28.2 Å². The third-order valence-corrected chi connectivity index (χ3v) is 6.06. The summed E-state index contributed by atoms with van der Waals surface area (Å²) in [7, 11) is 3.59. The Kier molecular flexibility index (Phi) is 4.30. The number of ether oxygens (including phenoxy) is 1. The van der Waals surface area contributed by atoms with E-state index in [1.54, 1.807) is 24.9 Å². The van der Waals surface area contributed by atoms with Gasteiger partial charge in [0.05, 0.1) is 11.6 Å². The number of rotatable bonds is 2.